The molecule has 1 fully saturated rings. The molecule has 2 unspecified atom stereocenters. The van der Waals surface area contributed by atoms with Gasteiger partial charge in [-0.25, -0.2) is 0 Å². The van der Waals surface area contributed by atoms with E-state index in [2.05, 4.69) is 0 Å². The Morgan fingerprint density at radius 1 is 0.341 bits per heavy atom. The zero-order chi connectivity index (χ0) is 35.4. The van der Waals surface area contributed by atoms with Gasteiger partial charge in [0, 0.05) is 12.1 Å². The van der Waals surface area contributed by atoms with E-state index in [-0.39, 0.29) is 0 Å². The Morgan fingerprint density at radius 2 is 0.477 bits per heavy atom. The highest BCUT2D eigenvalue weighted by Gasteiger charge is 2.66. The second-order valence-corrected chi connectivity index (χ2v) is 24.4. The molecular formula is C10H30N2O24P8. The van der Waals surface area contributed by atoms with E-state index in [1.807, 2.05) is 0 Å². The molecule has 0 aromatic rings. The fourth-order valence-electron chi connectivity index (χ4n) is 4.88. The lowest BCUT2D eigenvalue weighted by Crippen LogP contribution is -2.62. The first-order valence-electron chi connectivity index (χ1n) is 10.9. The average Bonchev–Trinajstić information content (AvgIpc) is 2.64. The van der Waals surface area contributed by atoms with Gasteiger partial charge in [-0.3, -0.25) is 46.3 Å². The first-order valence-corrected chi connectivity index (χ1v) is 24.4. The first-order chi connectivity index (χ1) is 19.0. The van der Waals surface area contributed by atoms with E-state index in [4.69, 9.17) is 0 Å². The predicted octanol–water partition coefficient (Wildman–Crippen LogP) is -2.54. The minimum atomic E-state index is -6.60. The molecule has 44 heavy (non-hydrogen) atoms. The number of hydrogen-bond donors (Lipinski definition) is 16. The van der Waals surface area contributed by atoms with Gasteiger partial charge in [0.05, 0.1) is 0 Å². The summed E-state index contributed by atoms with van der Waals surface area (Å²) >= 11 is 0. The van der Waals surface area contributed by atoms with Crippen LogP contribution in [0.5, 0.6) is 0 Å². The van der Waals surface area contributed by atoms with Crippen LogP contribution in [-0.2, 0) is 36.5 Å². The topological polar surface area (TPSA) is 467 Å². The monoisotopic (exact) mass is 810 g/mol. The summed E-state index contributed by atoms with van der Waals surface area (Å²) in [5.41, 5.74) is -15.9. The van der Waals surface area contributed by atoms with Crippen LogP contribution in [0.3, 0.4) is 0 Å². The Balaban J connectivity index is 4.57. The van der Waals surface area contributed by atoms with Crippen LogP contribution in [0.2, 0.25) is 0 Å². The van der Waals surface area contributed by atoms with Gasteiger partial charge in [0.25, 0.3) is 0 Å². The molecule has 0 radical (unpaired) electrons. The molecule has 0 saturated heterocycles. The Hall–Kier alpha value is 1.12. The maximum absolute atomic E-state index is 12.3. The smallest absolute Gasteiger partial charge is 0.323 e. The standard InChI is InChI=1S/C10H30N2O24P8/c13-37(14,15)7(38(16,17)18)11(8(39(19,20)21)40(22,23)24)5-3-1-2-4-6(5)12(9(41(25,26)27)42(28,29)30)10(43(31,32)33)44(34,35)36/h5-10H,1-4H2,(H2,13,14,15)(H2,16,17,18)(H2,19,20,21)(H2,22,23,24)(H2,25,26,27)(H2,28,29,30)(H2,31,32,33)(H2,34,35,36). The number of hydrogen-bond acceptors (Lipinski definition) is 10. The van der Waals surface area contributed by atoms with Gasteiger partial charge >= 0.3 is 60.8 Å². The molecule has 1 aliphatic carbocycles. The lowest BCUT2D eigenvalue weighted by Gasteiger charge is -2.52. The summed E-state index contributed by atoms with van der Waals surface area (Å²) in [6, 6.07) is -5.69. The average molecular weight is 810 g/mol. The fraction of sp³-hybridized carbons (Fsp3) is 1.00. The lowest BCUT2D eigenvalue weighted by molar-refractivity contribution is 0.0323. The lowest BCUT2D eigenvalue weighted by atomic mass is 9.89. The van der Waals surface area contributed by atoms with Gasteiger partial charge in [0.1, 0.15) is 0 Å². The van der Waals surface area contributed by atoms with E-state index < -0.39 is 130 Å². The molecular weight excluding hydrogens is 780 g/mol. The van der Waals surface area contributed by atoms with Crippen LogP contribution < -0.4 is 0 Å². The van der Waals surface area contributed by atoms with E-state index >= 15 is 0 Å². The van der Waals surface area contributed by atoms with Crippen molar-refractivity contribution in [2.45, 2.75) is 59.9 Å². The van der Waals surface area contributed by atoms with Gasteiger partial charge in [-0.15, -0.1) is 0 Å². The van der Waals surface area contributed by atoms with Gasteiger partial charge in [-0.1, -0.05) is 12.8 Å². The zero-order valence-electron chi connectivity index (χ0n) is 21.2. The minimum Gasteiger partial charge on any atom is -0.323 e. The number of nitrogens with zero attached hydrogens (tertiary/aromatic N) is 2. The predicted molar refractivity (Wildman–Crippen MR) is 141 cm³/mol. The Morgan fingerprint density at radius 3 is 0.591 bits per heavy atom. The highest BCUT2D eigenvalue weighted by molar-refractivity contribution is 7.73. The number of rotatable bonds is 14. The van der Waals surface area contributed by atoms with Crippen LogP contribution in [-0.4, -0.2) is 122 Å². The van der Waals surface area contributed by atoms with Crippen molar-refractivity contribution in [3.05, 3.63) is 0 Å². The van der Waals surface area contributed by atoms with Gasteiger partial charge in [0.2, 0.25) is 22.1 Å². The largest absolute Gasteiger partial charge is 0.355 e. The quantitative estimate of drug-likeness (QED) is 0.0803. The SMILES string of the molecule is O=P(O)(O)C(N(C1CCCCC1N(C(P(=O)(O)O)P(=O)(O)O)C(P(=O)(O)O)P(=O)(O)O)C(P(=O)(O)O)P(=O)(O)O)P(=O)(O)O. The van der Waals surface area contributed by atoms with Crippen LogP contribution in [0.15, 0.2) is 0 Å². The van der Waals surface area contributed by atoms with Crippen molar-refractivity contribution < 1.29 is 115 Å². The summed E-state index contributed by atoms with van der Waals surface area (Å²) in [6.07, 6.45) is -3.11. The summed E-state index contributed by atoms with van der Waals surface area (Å²) in [5, 5.41) is 0. The third-order valence-corrected chi connectivity index (χ3v) is 20.1. The summed E-state index contributed by atoms with van der Waals surface area (Å²) in [7, 11) is -52.8. The second-order valence-electron chi connectivity index (χ2n) is 9.41. The van der Waals surface area contributed by atoms with Crippen molar-refractivity contribution in [1.29, 1.82) is 0 Å². The molecule has 1 aliphatic rings. The van der Waals surface area contributed by atoms with Gasteiger partial charge in [-0.05, 0) is 12.8 Å². The van der Waals surface area contributed by atoms with E-state index in [0.717, 1.165) is 0 Å². The molecule has 1 rings (SSSR count). The molecule has 16 N–H and O–H groups in total. The van der Waals surface area contributed by atoms with E-state index in [9.17, 15) is 115 Å². The zero-order valence-corrected chi connectivity index (χ0v) is 28.3. The van der Waals surface area contributed by atoms with Crippen molar-refractivity contribution in [2.75, 3.05) is 0 Å². The van der Waals surface area contributed by atoms with Gasteiger partial charge in [0.15, 0.2) is 0 Å². The van der Waals surface area contributed by atoms with Gasteiger partial charge in [-0.2, -0.15) is 0 Å². The van der Waals surface area contributed by atoms with Crippen molar-refractivity contribution >= 4 is 60.8 Å². The molecule has 0 amide bonds. The molecule has 26 nitrogen and oxygen atoms in total. The summed E-state index contributed by atoms with van der Waals surface area (Å²) in [4.78, 5) is 155. The Bertz CT molecular complexity index is 1140. The normalized spacial score (nSPS) is 21.0. The molecule has 0 aliphatic heterocycles. The van der Waals surface area contributed by atoms with Crippen LogP contribution in [0, 0.1) is 0 Å². The van der Waals surface area contributed by atoms with Crippen LogP contribution in [0.1, 0.15) is 25.7 Å². The molecule has 0 heterocycles. The summed E-state index contributed by atoms with van der Waals surface area (Å²) in [6.45, 7) is 0. The maximum atomic E-state index is 12.3. The third-order valence-electron chi connectivity index (χ3n) is 5.93. The molecule has 264 valence electrons. The molecule has 34 heteroatoms. The Kier molecular flexibility index (Phi) is 13.5. The van der Waals surface area contributed by atoms with Crippen LogP contribution >= 0.6 is 60.8 Å². The highest BCUT2D eigenvalue weighted by atomic mass is 31.3. The van der Waals surface area contributed by atoms with Crippen molar-refractivity contribution in [3.8, 4) is 0 Å². The summed E-state index contributed by atoms with van der Waals surface area (Å²) < 4.78 is 98.8. The fourth-order valence-corrected chi connectivity index (χ4v) is 17.2. The maximum Gasteiger partial charge on any atom is 0.355 e. The molecule has 0 aromatic heterocycles. The first kappa shape index (κ1) is 43.1. The van der Waals surface area contributed by atoms with E-state index in [0.29, 0.717) is 0 Å². The van der Waals surface area contributed by atoms with Gasteiger partial charge < -0.3 is 78.3 Å². The minimum absolute atomic E-state index is 0.456. The van der Waals surface area contributed by atoms with Crippen molar-refractivity contribution in [3.63, 3.8) is 0 Å². The van der Waals surface area contributed by atoms with Crippen molar-refractivity contribution in [2.24, 2.45) is 0 Å². The van der Waals surface area contributed by atoms with E-state index in [1.54, 1.807) is 0 Å². The van der Waals surface area contributed by atoms with Crippen LogP contribution in [0.25, 0.3) is 0 Å². The molecule has 2 atom stereocenters. The Labute approximate surface area is 245 Å². The van der Waals surface area contributed by atoms with E-state index in [1.165, 1.54) is 0 Å². The second kappa shape index (κ2) is 13.8. The summed E-state index contributed by atoms with van der Waals surface area (Å²) in [5.74, 6) is 0. The molecule has 1 saturated carbocycles. The molecule has 0 bridgehead atoms. The molecule has 0 aromatic carbocycles. The van der Waals surface area contributed by atoms with Crippen LogP contribution in [0.4, 0.5) is 0 Å². The van der Waals surface area contributed by atoms with Crippen molar-refractivity contribution in [1.82, 2.24) is 9.80 Å². The third kappa shape index (κ3) is 10.8. The molecule has 0 spiro atoms. The highest BCUT2D eigenvalue weighted by Crippen LogP contribution is 2.72.